The van der Waals surface area contributed by atoms with Gasteiger partial charge in [-0.1, -0.05) is 18.7 Å². The number of hydrogen-bond donors (Lipinski definition) is 2. The summed E-state index contributed by atoms with van der Waals surface area (Å²) in [4.78, 5) is 11.7. The van der Waals surface area contributed by atoms with Gasteiger partial charge in [-0.3, -0.25) is 4.79 Å². The Morgan fingerprint density at radius 3 is 2.95 bits per heavy atom. The van der Waals surface area contributed by atoms with Crippen LogP contribution in [-0.2, 0) is 4.79 Å². The highest BCUT2D eigenvalue weighted by molar-refractivity contribution is 5.92. The van der Waals surface area contributed by atoms with E-state index in [9.17, 15) is 4.79 Å². The first-order valence-corrected chi connectivity index (χ1v) is 6.62. The molecule has 0 atom stereocenters. The molecular formula is C15H21ClN2O2. The van der Waals surface area contributed by atoms with E-state index in [1.165, 1.54) is 12.8 Å². The van der Waals surface area contributed by atoms with Crippen LogP contribution in [0.4, 0.5) is 5.69 Å². The maximum Gasteiger partial charge on any atom is 0.238 e. The summed E-state index contributed by atoms with van der Waals surface area (Å²) in [6.07, 6.45) is 4.27. The van der Waals surface area contributed by atoms with E-state index in [0.29, 0.717) is 13.2 Å². The van der Waals surface area contributed by atoms with Gasteiger partial charge in [0.15, 0.2) is 0 Å². The van der Waals surface area contributed by atoms with Crippen LogP contribution in [0.1, 0.15) is 12.8 Å². The summed E-state index contributed by atoms with van der Waals surface area (Å²) in [6.45, 7) is 5.35. The van der Waals surface area contributed by atoms with Gasteiger partial charge < -0.3 is 15.4 Å². The zero-order valence-electron chi connectivity index (χ0n) is 11.4. The second-order valence-electron chi connectivity index (χ2n) is 4.75. The van der Waals surface area contributed by atoms with Gasteiger partial charge in [0.25, 0.3) is 0 Å². The third-order valence-electron chi connectivity index (χ3n) is 2.90. The molecule has 0 aromatic heterocycles. The molecule has 1 aliphatic rings. The number of nitrogens with one attached hydrogen (secondary N) is 2. The number of amides is 1. The van der Waals surface area contributed by atoms with Crippen LogP contribution in [0.2, 0.25) is 0 Å². The van der Waals surface area contributed by atoms with Crippen molar-refractivity contribution in [1.29, 1.82) is 0 Å². The van der Waals surface area contributed by atoms with Crippen LogP contribution in [0, 0.1) is 5.92 Å². The van der Waals surface area contributed by atoms with Crippen molar-refractivity contribution in [3.05, 3.63) is 36.9 Å². The van der Waals surface area contributed by atoms with Gasteiger partial charge in [-0.2, -0.15) is 0 Å². The fourth-order valence-electron chi connectivity index (χ4n) is 1.74. The molecule has 1 fully saturated rings. The number of rotatable bonds is 8. The van der Waals surface area contributed by atoms with E-state index in [1.807, 2.05) is 24.3 Å². The number of benzene rings is 1. The molecule has 110 valence electrons. The molecule has 0 aliphatic heterocycles. The summed E-state index contributed by atoms with van der Waals surface area (Å²) in [5.41, 5.74) is 0.750. The van der Waals surface area contributed by atoms with Crippen molar-refractivity contribution in [2.45, 2.75) is 12.8 Å². The third-order valence-corrected chi connectivity index (χ3v) is 2.90. The first-order valence-electron chi connectivity index (χ1n) is 6.62. The second-order valence-corrected chi connectivity index (χ2v) is 4.75. The minimum Gasteiger partial charge on any atom is -0.489 e. The van der Waals surface area contributed by atoms with Crippen LogP contribution >= 0.6 is 12.4 Å². The van der Waals surface area contributed by atoms with Crippen LogP contribution in [0.5, 0.6) is 5.75 Å². The van der Waals surface area contributed by atoms with E-state index >= 15 is 0 Å². The van der Waals surface area contributed by atoms with Crippen molar-refractivity contribution < 1.29 is 9.53 Å². The Hall–Kier alpha value is -1.52. The maximum absolute atomic E-state index is 11.7. The van der Waals surface area contributed by atoms with Gasteiger partial charge >= 0.3 is 0 Å². The standard InChI is InChI=1S/C15H20N2O2.ClH/c1-2-8-19-14-5-3-4-13(9-14)17-15(18)11-16-10-12-6-7-12;/h2-5,9,12,16H,1,6-8,10-11H2,(H,17,18);1H. The molecule has 0 heterocycles. The summed E-state index contributed by atoms with van der Waals surface area (Å²) >= 11 is 0. The number of hydrogen-bond acceptors (Lipinski definition) is 3. The maximum atomic E-state index is 11.7. The summed E-state index contributed by atoms with van der Waals surface area (Å²) in [5, 5.41) is 6.01. The van der Waals surface area contributed by atoms with Gasteiger partial charge in [0.2, 0.25) is 5.91 Å². The van der Waals surface area contributed by atoms with Crippen molar-refractivity contribution >= 4 is 24.0 Å². The molecule has 4 nitrogen and oxygen atoms in total. The molecule has 1 aromatic carbocycles. The molecule has 0 unspecified atom stereocenters. The molecule has 2 N–H and O–H groups in total. The minimum atomic E-state index is -0.0264. The smallest absolute Gasteiger partial charge is 0.238 e. The van der Waals surface area contributed by atoms with E-state index in [4.69, 9.17) is 4.74 Å². The van der Waals surface area contributed by atoms with Crippen LogP contribution < -0.4 is 15.4 Å². The van der Waals surface area contributed by atoms with Crippen molar-refractivity contribution in [2.75, 3.05) is 25.0 Å². The lowest BCUT2D eigenvalue weighted by Crippen LogP contribution is -2.29. The Balaban J connectivity index is 0.00000200. The molecule has 5 heteroatoms. The van der Waals surface area contributed by atoms with E-state index in [2.05, 4.69) is 17.2 Å². The number of carbonyl (C=O) groups is 1. The Bertz CT molecular complexity index is 447. The quantitative estimate of drug-likeness (QED) is 0.725. The van der Waals surface area contributed by atoms with Crippen molar-refractivity contribution in [3.63, 3.8) is 0 Å². The fourth-order valence-corrected chi connectivity index (χ4v) is 1.74. The number of carbonyl (C=O) groups excluding carboxylic acids is 1. The van der Waals surface area contributed by atoms with Crippen LogP contribution in [-0.4, -0.2) is 25.6 Å². The molecule has 1 aromatic rings. The van der Waals surface area contributed by atoms with Crippen molar-refractivity contribution in [1.82, 2.24) is 5.32 Å². The lowest BCUT2D eigenvalue weighted by Gasteiger charge is -2.08. The second kappa shape index (κ2) is 8.61. The first kappa shape index (κ1) is 16.5. The first-order chi connectivity index (χ1) is 9.28. The predicted octanol–water partition coefficient (Wildman–Crippen LogP) is 2.61. The van der Waals surface area contributed by atoms with Gasteiger partial charge in [-0.25, -0.2) is 0 Å². The molecule has 0 bridgehead atoms. The van der Waals surface area contributed by atoms with Gasteiger partial charge in [0, 0.05) is 11.8 Å². The van der Waals surface area contributed by atoms with Crippen LogP contribution in [0.3, 0.4) is 0 Å². The SMILES string of the molecule is C=CCOc1cccc(NC(=O)CNCC2CC2)c1.Cl. The summed E-state index contributed by atoms with van der Waals surface area (Å²) in [5.74, 6) is 1.48. The van der Waals surface area contributed by atoms with Crippen molar-refractivity contribution in [3.8, 4) is 5.75 Å². The topological polar surface area (TPSA) is 50.4 Å². The van der Waals surface area contributed by atoms with Gasteiger partial charge in [0.1, 0.15) is 12.4 Å². The lowest BCUT2D eigenvalue weighted by molar-refractivity contribution is -0.115. The van der Waals surface area contributed by atoms with E-state index in [1.54, 1.807) is 6.08 Å². The molecule has 1 aliphatic carbocycles. The molecule has 20 heavy (non-hydrogen) atoms. The molecular weight excluding hydrogens is 276 g/mol. The molecule has 0 saturated heterocycles. The number of halogens is 1. The third kappa shape index (κ3) is 6.08. The normalized spacial score (nSPS) is 13.2. The lowest BCUT2D eigenvalue weighted by atomic mass is 10.3. The average molecular weight is 297 g/mol. The van der Waals surface area contributed by atoms with Gasteiger partial charge in [0.05, 0.1) is 6.54 Å². The molecule has 2 rings (SSSR count). The zero-order valence-corrected chi connectivity index (χ0v) is 12.2. The van der Waals surface area contributed by atoms with E-state index < -0.39 is 0 Å². The predicted molar refractivity (Wildman–Crippen MR) is 83.6 cm³/mol. The highest BCUT2D eigenvalue weighted by Gasteiger charge is 2.20. The minimum absolute atomic E-state index is 0. The van der Waals surface area contributed by atoms with Crippen molar-refractivity contribution in [2.24, 2.45) is 5.92 Å². The summed E-state index contributed by atoms with van der Waals surface area (Å²) < 4.78 is 5.41. The molecule has 1 saturated carbocycles. The van der Waals surface area contributed by atoms with Crippen LogP contribution in [0.25, 0.3) is 0 Å². The molecule has 1 amide bonds. The van der Waals surface area contributed by atoms with Crippen LogP contribution in [0.15, 0.2) is 36.9 Å². The Labute approximate surface area is 126 Å². The Kier molecular flexibility index (Phi) is 7.12. The number of ether oxygens (including phenoxy) is 1. The van der Waals surface area contributed by atoms with E-state index in [-0.39, 0.29) is 18.3 Å². The number of anilines is 1. The fraction of sp³-hybridized carbons (Fsp3) is 0.400. The summed E-state index contributed by atoms with van der Waals surface area (Å²) in [7, 11) is 0. The van der Waals surface area contributed by atoms with E-state index in [0.717, 1.165) is 23.9 Å². The zero-order chi connectivity index (χ0) is 13.5. The van der Waals surface area contributed by atoms with Gasteiger partial charge in [-0.05, 0) is 37.4 Å². The average Bonchev–Trinajstić information content (AvgIpc) is 3.21. The Morgan fingerprint density at radius 2 is 2.25 bits per heavy atom. The Morgan fingerprint density at radius 1 is 1.45 bits per heavy atom. The highest BCUT2D eigenvalue weighted by Crippen LogP contribution is 2.27. The molecule has 0 spiro atoms. The summed E-state index contributed by atoms with van der Waals surface area (Å²) in [6, 6.07) is 7.36. The molecule has 0 radical (unpaired) electrons. The monoisotopic (exact) mass is 296 g/mol. The van der Waals surface area contributed by atoms with Gasteiger partial charge in [-0.15, -0.1) is 12.4 Å². The highest BCUT2D eigenvalue weighted by atomic mass is 35.5. The largest absolute Gasteiger partial charge is 0.489 e.